The van der Waals surface area contributed by atoms with Gasteiger partial charge in [0, 0.05) is 18.8 Å². The molecule has 1 atom stereocenters. The number of anilines is 1. The Morgan fingerprint density at radius 3 is 2.48 bits per heavy atom. The van der Waals surface area contributed by atoms with Crippen LogP contribution in [0.4, 0.5) is 5.69 Å². The second kappa shape index (κ2) is 8.01. The normalized spacial score (nSPS) is 12.4. The fraction of sp³-hybridized carbons (Fsp3) is 0.375. The molecule has 0 aliphatic rings. The number of halogens is 2. The van der Waals surface area contributed by atoms with E-state index in [9.17, 15) is 0 Å². The zero-order chi connectivity index (χ0) is 15.2. The number of benzene rings is 1. The van der Waals surface area contributed by atoms with Crippen LogP contribution in [0.1, 0.15) is 31.6 Å². The molecule has 0 spiro atoms. The largest absolute Gasteiger partial charge is 0.451 e. The molecule has 0 aliphatic heterocycles. The summed E-state index contributed by atoms with van der Waals surface area (Å²) >= 11 is 6.87. The van der Waals surface area contributed by atoms with E-state index in [4.69, 9.17) is 10.2 Å². The van der Waals surface area contributed by atoms with E-state index in [0.717, 1.165) is 29.6 Å². The summed E-state index contributed by atoms with van der Waals surface area (Å²) in [4.78, 5) is 2.32. The lowest BCUT2D eigenvalue weighted by molar-refractivity contribution is 0.433. The van der Waals surface area contributed by atoms with E-state index >= 15 is 0 Å². The molecule has 0 saturated carbocycles. The molecule has 0 amide bonds. The monoisotopic (exact) mass is 414 g/mol. The first-order valence-electron chi connectivity index (χ1n) is 7.13. The summed E-state index contributed by atoms with van der Waals surface area (Å²) in [5.41, 5.74) is 7.21. The van der Waals surface area contributed by atoms with Gasteiger partial charge >= 0.3 is 0 Å². The molecule has 0 fully saturated rings. The molecule has 1 aromatic carbocycles. The van der Waals surface area contributed by atoms with E-state index < -0.39 is 0 Å². The summed E-state index contributed by atoms with van der Waals surface area (Å²) in [5, 5.41) is 0. The summed E-state index contributed by atoms with van der Waals surface area (Å²) in [5.74, 6) is 0.871. The molecule has 0 radical (unpaired) electrons. The van der Waals surface area contributed by atoms with Crippen molar-refractivity contribution in [3.8, 4) is 0 Å². The molecule has 1 aromatic heterocycles. The van der Waals surface area contributed by atoms with E-state index in [1.807, 2.05) is 12.1 Å². The highest BCUT2D eigenvalue weighted by molar-refractivity contribution is 9.13. The van der Waals surface area contributed by atoms with Crippen LogP contribution in [0, 0.1) is 0 Å². The van der Waals surface area contributed by atoms with Crippen molar-refractivity contribution >= 4 is 37.5 Å². The van der Waals surface area contributed by atoms with Gasteiger partial charge in [0.2, 0.25) is 0 Å². The standard InChI is InChI=1S/C16H20Br2N2O/c1-2-3-9-20(12-7-5-4-6-8-12)14(11-19)15-10-13(17)16(18)21-15/h4-8,10,14H,2-3,9,11,19H2,1H3. The average Bonchev–Trinajstić information content (AvgIpc) is 2.83. The number of hydrogen-bond acceptors (Lipinski definition) is 3. The number of hydrogen-bond donors (Lipinski definition) is 1. The molecule has 0 aliphatic carbocycles. The van der Waals surface area contributed by atoms with Crippen molar-refractivity contribution in [3.05, 3.63) is 51.3 Å². The van der Waals surface area contributed by atoms with Crippen LogP contribution >= 0.6 is 31.9 Å². The Balaban J connectivity index is 2.32. The van der Waals surface area contributed by atoms with Crippen LogP contribution in [-0.4, -0.2) is 13.1 Å². The summed E-state index contributed by atoms with van der Waals surface area (Å²) in [6.45, 7) is 3.66. The molecule has 21 heavy (non-hydrogen) atoms. The maximum atomic E-state index is 6.04. The van der Waals surface area contributed by atoms with Crippen molar-refractivity contribution in [2.24, 2.45) is 5.73 Å². The van der Waals surface area contributed by atoms with Gasteiger partial charge in [-0.3, -0.25) is 0 Å². The highest BCUT2D eigenvalue weighted by atomic mass is 79.9. The van der Waals surface area contributed by atoms with Crippen LogP contribution in [0.15, 0.2) is 50.0 Å². The maximum Gasteiger partial charge on any atom is 0.183 e. The lowest BCUT2D eigenvalue weighted by Gasteiger charge is -2.31. The Labute approximate surface area is 142 Å². The van der Waals surface area contributed by atoms with Crippen molar-refractivity contribution < 1.29 is 4.42 Å². The van der Waals surface area contributed by atoms with E-state index in [2.05, 4.69) is 67.9 Å². The third-order valence-corrected chi connectivity index (χ3v) is 5.14. The van der Waals surface area contributed by atoms with Gasteiger partial charge in [0.15, 0.2) is 4.67 Å². The van der Waals surface area contributed by atoms with Crippen LogP contribution < -0.4 is 10.6 Å². The van der Waals surface area contributed by atoms with Gasteiger partial charge in [-0.1, -0.05) is 31.5 Å². The van der Waals surface area contributed by atoms with Gasteiger partial charge in [-0.2, -0.15) is 0 Å². The molecule has 0 bridgehead atoms. The molecule has 114 valence electrons. The first-order chi connectivity index (χ1) is 10.2. The first kappa shape index (κ1) is 16.6. The van der Waals surface area contributed by atoms with Crippen molar-refractivity contribution in [2.45, 2.75) is 25.8 Å². The van der Waals surface area contributed by atoms with E-state index in [1.54, 1.807) is 0 Å². The zero-order valence-corrected chi connectivity index (χ0v) is 15.2. The van der Waals surface area contributed by atoms with Crippen molar-refractivity contribution in [1.82, 2.24) is 0 Å². The van der Waals surface area contributed by atoms with Crippen LogP contribution in [0.3, 0.4) is 0 Å². The molecule has 2 aromatic rings. The molecule has 5 heteroatoms. The smallest absolute Gasteiger partial charge is 0.183 e. The maximum absolute atomic E-state index is 6.04. The molecule has 0 saturated heterocycles. The predicted molar refractivity (Wildman–Crippen MR) is 94.6 cm³/mol. The van der Waals surface area contributed by atoms with Gasteiger partial charge in [0.25, 0.3) is 0 Å². The average molecular weight is 416 g/mol. The molecule has 2 N–H and O–H groups in total. The Kier molecular flexibility index (Phi) is 6.33. The number of nitrogens with two attached hydrogens (primary N) is 1. The minimum atomic E-state index is 0.0292. The van der Waals surface area contributed by atoms with Crippen molar-refractivity contribution in [3.63, 3.8) is 0 Å². The van der Waals surface area contributed by atoms with Crippen LogP contribution in [-0.2, 0) is 0 Å². The number of nitrogens with zero attached hydrogens (tertiary/aromatic N) is 1. The molecule has 2 rings (SSSR count). The lowest BCUT2D eigenvalue weighted by Crippen LogP contribution is -2.34. The fourth-order valence-corrected chi connectivity index (χ4v) is 2.95. The van der Waals surface area contributed by atoms with Crippen LogP contribution in [0.25, 0.3) is 0 Å². The summed E-state index contributed by atoms with van der Waals surface area (Å²) in [6, 6.07) is 12.4. The number of unbranched alkanes of at least 4 members (excludes halogenated alkanes) is 1. The van der Waals surface area contributed by atoms with E-state index in [0.29, 0.717) is 11.2 Å². The first-order valence-corrected chi connectivity index (χ1v) is 8.72. The molecule has 3 nitrogen and oxygen atoms in total. The number of para-hydroxylation sites is 1. The van der Waals surface area contributed by atoms with Gasteiger partial charge < -0.3 is 15.1 Å². The minimum absolute atomic E-state index is 0.0292. The second-order valence-corrected chi connectivity index (χ2v) is 6.48. The van der Waals surface area contributed by atoms with Crippen molar-refractivity contribution in [2.75, 3.05) is 18.0 Å². The van der Waals surface area contributed by atoms with Gasteiger partial charge in [-0.05, 0) is 56.5 Å². The number of furan rings is 1. The topological polar surface area (TPSA) is 42.4 Å². The molecule has 1 heterocycles. The lowest BCUT2D eigenvalue weighted by atomic mass is 10.1. The van der Waals surface area contributed by atoms with Crippen LogP contribution in [0.2, 0.25) is 0 Å². The Morgan fingerprint density at radius 1 is 1.24 bits per heavy atom. The highest BCUT2D eigenvalue weighted by Crippen LogP contribution is 2.34. The molecular formula is C16H20Br2N2O. The molecular weight excluding hydrogens is 396 g/mol. The van der Waals surface area contributed by atoms with Crippen LogP contribution in [0.5, 0.6) is 0 Å². The minimum Gasteiger partial charge on any atom is -0.451 e. The third kappa shape index (κ3) is 4.11. The Hall–Kier alpha value is -0.780. The quantitative estimate of drug-likeness (QED) is 0.682. The van der Waals surface area contributed by atoms with Gasteiger partial charge in [0.05, 0.1) is 10.5 Å². The second-order valence-electron chi connectivity index (χ2n) is 4.90. The third-order valence-electron chi connectivity index (χ3n) is 3.43. The SMILES string of the molecule is CCCCN(c1ccccc1)C(CN)c1cc(Br)c(Br)o1. The van der Waals surface area contributed by atoms with E-state index in [-0.39, 0.29) is 6.04 Å². The molecule has 1 unspecified atom stereocenters. The van der Waals surface area contributed by atoms with Gasteiger partial charge in [0.1, 0.15) is 5.76 Å². The fourth-order valence-electron chi connectivity index (χ4n) is 2.34. The summed E-state index contributed by atoms with van der Waals surface area (Å²) in [6.07, 6.45) is 2.26. The van der Waals surface area contributed by atoms with Gasteiger partial charge in [-0.15, -0.1) is 0 Å². The predicted octanol–water partition coefficient (Wildman–Crippen LogP) is 5.11. The Morgan fingerprint density at radius 2 is 1.95 bits per heavy atom. The van der Waals surface area contributed by atoms with Gasteiger partial charge in [-0.25, -0.2) is 0 Å². The summed E-state index contributed by atoms with van der Waals surface area (Å²) in [7, 11) is 0. The Bertz CT molecular complexity index is 537. The highest BCUT2D eigenvalue weighted by Gasteiger charge is 2.23. The zero-order valence-electron chi connectivity index (χ0n) is 12.1. The van der Waals surface area contributed by atoms with E-state index in [1.165, 1.54) is 5.69 Å². The van der Waals surface area contributed by atoms with Crippen molar-refractivity contribution in [1.29, 1.82) is 0 Å². The number of rotatable bonds is 7. The summed E-state index contributed by atoms with van der Waals surface area (Å²) < 4.78 is 7.42.